The minimum atomic E-state index is -0.390. The van der Waals surface area contributed by atoms with Gasteiger partial charge in [-0.1, -0.05) is 0 Å². The van der Waals surface area contributed by atoms with Crippen LogP contribution in [0.2, 0.25) is 0 Å². The minimum absolute atomic E-state index is 0.282. The summed E-state index contributed by atoms with van der Waals surface area (Å²) in [5, 5.41) is 13.4. The molecule has 0 bridgehead atoms. The summed E-state index contributed by atoms with van der Waals surface area (Å²) >= 11 is 3.01. The molecule has 0 aromatic carbocycles. The zero-order chi connectivity index (χ0) is 20.5. The standard InChI is InChI=1S/C18H18FN7OS2/c1-10-14(20-9-28-10)7-25(2)22-5-11-15(8-27)26(3)18-17(11)29-16(23-18)4-13-12(19)6-21-24-13/h5-6,8-9H,4,7H2,1-3H3,(H,21,24)/b22-5-. The SMILES string of the molecule is Cc1scnc1CN(C)/N=C\c1c(C=O)n(C)c2nc(Cc3n[nH]cc3F)sc12. The molecule has 0 atom stereocenters. The molecule has 29 heavy (non-hydrogen) atoms. The molecule has 0 amide bonds. The van der Waals surface area contributed by atoms with Gasteiger partial charge in [0.2, 0.25) is 0 Å². The summed E-state index contributed by atoms with van der Waals surface area (Å²) in [7, 11) is 3.64. The number of hydrazone groups is 1. The van der Waals surface area contributed by atoms with Gasteiger partial charge in [-0.15, -0.1) is 22.7 Å². The van der Waals surface area contributed by atoms with E-state index >= 15 is 0 Å². The number of rotatable bonds is 7. The molecule has 0 aliphatic carbocycles. The van der Waals surface area contributed by atoms with Gasteiger partial charge in [0.05, 0.1) is 40.6 Å². The zero-order valence-electron chi connectivity index (χ0n) is 16.0. The van der Waals surface area contributed by atoms with E-state index < -0.39 is 5.82 Å². The largest absolute Gasteiger partial charge is 0.325 e. The Morgan fingerprint density at radius 3 is 2.90 bits per heavy atom. The molecule has 0 spiro atoms. The van der Waals surface area contributed by atoms with Crippen LogP contribution in [0, 0.1) is 12.7 Å². The van der Waals surface area contributed by atoms with Crippen molar-refractivity contribution in [1.82, 2.24) is 29.7 Å². The summed E-state index contributed by atoms with van der Waals surface area (Å²) in [4.78, 5) is 21.7. The first-order valence-electron chi connectivity index (χ1n) is 8.73. The average Bonchev–Trinajstić information content (AvgIpc) is 3.43. The van der Waals surface area contributed by atoms with Crippen LogP contribution in [0.3, 0.4) is 0 Å². The van der Waals surface area contributed by atoms with Crippen molar-refractivity contribution in [2.24, 2.45) is 12.1 Å². The molecular formula is C18H18FN7OS2. The van der Waals surface area contributed by atoms with Gasteiger partial charge in [-0.25, -0.2) is 14.4 Å². The smallest absolute Gasteiger partial charge is 0.167 e. The van der Waals surface area contributed by atoms with Crippen LogP contribution < -0.4 is 0 Å². The van der Waals surface area contributed by atoms with Gasteiger partial charge >= 0.3 is 0 Å². The third kappa shape index (κ3) is 3.70. The lowest BCUT2D eigenvalue weighted by Crippen LogP contribution is -2.12. The summed E-state index contributed by atoms with van der Waals surface area (Å²) in [5.74, 6) is -0.390. The van der Waals surface area contributed by atoms with Crippen molar-refractivity contribution < 1.29 is 9.18 Å². The monoisotopic (exact) mass is 431 g/mol. The van der Waals surface area contributed by atoms with Crippen molar-refractivity contribution in [1.29, 1.82) is 0 Å². The fourth-order valence-corrected chi connectivity index (χ4v) is 4.69. The van der Waals surface area contributed by atoms with E-state index in [0.29, 0.717) is 29.1 Å². The van der Waals surface area contributed by atoms with Gasteiger partial charge in [0, 0.05) is 31.0 Å². The highest BCUT2D eigenvalue weighted by molar-refractivity contribution is 7.19. The maximum atomic E-state index is 13.7. The second-order valence-electron chi connectivity index (χ2n) is 6.51. The molecule has 4 heterocycles. The number of hydrogen-bond acceptors (Lipinski definition) is 8. The van der Waals surface area contributed by atoms with E-state index in [4.69, 9.17) is 0 Å². The molecule has 4 aromatic heterocycles. The molecule has 11 heteroatoms. The highest BCUT2D eigenvalue weighted by atomic mass is 32.1. The molecular weight excluding hydrogens is 413 g/mol. The van der Waals surface area contributed by atoms with Gasteiger partial charge in [-0.2, -0.15) is 10.2 Å². The number of fused-ring (bicyclic) bond motifs is 1. The number of nitrogens with zero attached hydrogens (tertiary/aromatic N) is 6. The Hall–Kier alpha value is -2.92. The first-order chi connectivity index (χ1) is 14.0. The average molecular weight is 432 g/mol. The number of nitrogens with one attached hydrogen (secondary N) is 1. The van der Waals surface area contributed by atoms with E-state index in [2.05, 4.69) is 25.3 Å². The van der Waals surface area contributed by atoms with Crippen molar-refractivity contribution in [2.75, 3.05) is 7.05 Å². The number of H-pyrrole nitrogens is 1. The third-order valence-electron chi connectivity index (χ3n) is 4.56. The molecule has 0 saturated heterocycles. The first-order valence-corrected chi connectivity index (χ1v) is 10.4. The number of aryl methyl sites for hydroxylation is 2. The molecule has 0 fully saturated rings. The molecule has 4 rings (SSSR count). The van der Waals surface area contributed by atoms with Crippen LogP contribution in [0.5, 0.6) is 0 Å². The minimum Gasteiger partial charge on any atom is -0.325 e. The molecule has 0 radical (unpaired) electrons. The topological polar surface area (TPSA) is 92.1 Å². The summed E-state index contributed by atoms with van der Waals surface area (Å²) in [6.07, 6.45) is 3.97. The summed E-state index contributed by atoms with van der Waals surface area (Å²) in [5.41, 5.74) is 4.97. The maximum absolute atomic E-state index is 13.7. The van der Waals surface area contributed by atoms with Crippen molar-refractivity contribution >= 4 is 45.5 Å². The number of halogens is 1. The van der Waals surface area contributed by atoms with Crippen molar-refractivity contribution in [3.8, 4) is 0 Å². The predicted molar refractivity (Wildman–Crippen MR) is 111 cm³/mol. The quantitative estimate of drug-likeness (QED) is 0.276. The van der Waals surface area contributed by atoms with Crippen LogP contribution in [-0.2, 0) is 20.0 Å². The van der Waals surface area contributed by atoms with Crippen LogP contribution in [0.15, 0.2) is 16.8 Å². The van der Waals surface area contributed by atoms with Crippen molar-refractivity contribution in [3.63, 3.8) is 0 Å². The van der Waals surface area contributed by atoms with Crippen LogP contribution in [0.25, 0.3) is 10.3 Å². The summed E-state index contributed by atoms with van der Waals surface area (Å²) in [6, 6.07) is 0. The normalized spacial score (nSPS) is 11.7. The number of aldehydes is 1. The molecule has 0 aliphatic rings. The molecule has 1 N–H and O–H groups in total. The van der Waals surface area contributed by atoms with E-state index in [-0.39, 0.29) is 6.42 Å². The third-order valence-corrected chi connectivity index (χ3v) is 6.43. The summed E-state index contributed by atoms with van der Waals surface area (Å²) < 4.78 is 16.3. The van der Waals surface area contributed by atoms with Crippen LogP contribution in [0.4, 0.5) is 4.39 Å². The lowest BCUT2D eigenvalue weighted by molar-refractivity contribution is 0.111. The van der Waals surface area contributed by atoms with E-state index in [1.165, 1.54) is 17.5 Å². The fraction of sp³-hybridized carbons (Fsp3) is 0.278. The van der Waals surface area contributed by atoms with Gasteiger partial charge in [0.1, 0.15) is 10.7 Å². The number of aromatic nitrogens is 5. The number of carbonyl (C=O) groups excluding carboxylic acids is 1. The van der Waals surface area contributed by atoms with Crippen LogP contribution >= 0.6 is 22.7 Å². The van der Waals surface area contributed by atoms with Crippen LogP contribution in [-0.4, -0.2) is 49.3 Å². The first kappa shape index (κ1) is 19.4. The van der Waals surface area contributed by atoms with Crippen LogP contribution in [0.1, 0.15) is 37.3 Å². The second-order valence-corrected chi connectivity index (χ2v) is 8.65. The van der Waals surface area contributed by atoms with E-state index in [9.17, 15) is 9.18 Å². The Labute approximate surface area is 173 Å². The van der Waals surface area contributed by atoms with Gasteiger partial charge in [-0.3, -0.25) is 14.9 Å². The number of carbonyl (C=O) groups is 1. The molecule has 150 valence electrons. The van der Waals surface area contributed by atoms with Crippen molar-refractivity contribution in [2.45, 2.75) is 19.9 Å². The van der Waals surface area contributed by atoms with E-state index in [1.54, 1.807) is 34.2 Å². The van der Waals surface area contributed by atoms with Gasteiger partial charge in [0.15, 0.2) is 17.8 Å². The molecule has 8 nitrogen and oxygen atoms in total. The predicted octanol–water partition coefficient (Wildman–Crippen LogP) is 3.13. The Kier molecular flexibility index (Phi) is 5.24. The molecule has 0 saturated carbocycles. The maximum Gasteiger partial charge on any atom is 0.167 e. The highest BCUT2D eigenvalue weighted by Gasteiger charge is 2.19. The van der Waals surface area contributed by atoms with Gasteiger partial charge in [-0.05, 0) is 6.92 Å². The summed E-state index contributed by atoms with van der Waals surface area (Å²) in [6.45, 7) is 2.60. The van der Waals surface area contributed by atoms with Crippen molar-refractivity contribution in [3.05, 3.63) is 50.1 Å². The Morgan fingerprint density at radius 2 is 2.24 bits per heavy atom. The number of thiazole rings is 2. The second kappa shape index (κ2) is 7.84. The Balaban J connectivity index is 1.64. The Bertz CT molecular complexity index is 1200. The number of hydrogen-bond donors (Lipinski definition) is 1. The van der Waals surface area contributed by atoms with Gasteiger partial charge < -0.3 is 4.57 Å². The lowest BCUT2D eigenvalue weighted by Gasteiger charge is -2.11. The molecule has 0 unspecified atom stereocenters. The zero-order valence-corrected chi connectivity index (χ0v) is 17.6. The highest BCUT2D eigenvalue weighted by Crippen LogP contribution is 2.30. The number of aromatic amines is 1. The Morgan fingerprint density at radius 1 is 1.41 bits per heavy atom. The van der Waals surface area contributed by atoms with Gasteiger partial charge in [0.25, 0.3) is 0 Å². The van der Waals surface area contributed by atoms with E-state index in [1.807, 2.05) is 19.5 Å². The fourth-order valence-electron chi connectivity index (χ4n) is 2.98. The molecule has 0 aliphatic heterocycles. The van der Waals surface area contributed by atoms with E-state index in [0.717, 1.165) is 26.6 Å². The molecule has 4 aromatic rings. The lowest BCUT2D eigenvalue weighted by atomic mass is 10.3.